The molecule has 1 amide bonds. The SMILES string of the molecule is CC(C)N[C@]1(C)CCCC/C=C/COC(=O)N(C)CC[C@@](C)(C(=O)C(C)C)NCC1=O. The number of cyclic esters (lactones) is 1. The Kier molecular flexibility index (Phi) is 10.9. The first-order valence-corrected chi connectivity index (χ1v) is 11.5. The molecule has 0 aliphatic carbocycles. The number of ether oxygens (including phenoxy) is 1. The fraction of sp³-hybridized carbons (Fsp3) is 0.792. The summed E-state index contributed by atoms with van der Waals surface area (Å²) in [5.41, 5.74) is -1.57. The topological polar surface area (TPSA) is 87.7 Å². The van der Waals surface area contributed by atoms with Gasteiger partial charge in [-0.25, -0.2) is 4.79 Å². The standard InChI is InChI=1S/C24H43N3O4/c1-18(2)21(29)24(6)14-15-27(7)22(30)31-16-12-10-8-9-11-13-23(5,26-19(3)4)20(28)17-25-24/h10,12,18-19,25-26H,8-9,11,13-17H2,1-7H3/b12-10+/t23-,24+/m1/s1. The lowest BCUT2D eigenvalue weighted by Gasteiger charge is -2.36. The average Bonchev–Trinajstić information content (AvgIpc) is 2.70. The first-order valence-electron chi connectivity index (χ1n) is 11.5. The van der Waals surface area contributed by atoms with Gasteiger partial charge in [0.05, 0.1) is 17.6 Å². The lowest BCUT2D eigenvalue weighted by Crippen LogP contribution is -2.59. The minimum atomic E-state index is -0.912. The lowest BCUT2D eigenvalue weighted by molar-refractivity contribution is -0.129. The van der Waals surface area contributed by atoms with Crippen molar-refractivity contribution >= 4 is 17.7 Å². The second-order valence-electron chi connectivity index (χ2n) is 9.72. The minimum Gasteiger partial charge on any atom is -0.445 e. The van der Waals surface area contributed by atoms with Crippen molar-refractivity contribution in [2.75, 3.05) is 26.7 Å². The van der Waals surface area contributed by atoms with Gasteiger partial charge >= 0.3 is 6.09 Å². The molecule has 2 atom stereocenters. The number of hydrogen-bond acceptors (Lipinski definition) is 6. The zero-order chi connectivity index (χ0) is 23.7. The predicted molar refractivity (Wildman–Crippen MR) is 124 cm³/mol. The quantitative estimate of drug-likeness (QED) is 0.655. The second-order valence-corrected chi connectivity index (χ2v) is 9.72. The van der Waals surface area contributed by atoms with E-state index in [1.807, 2.05) is 53.7 Å². The number of hydrogen-bond donors (Lipinski definition) is 2. The number of carbonyl (C=O) groups is 3. The largest absolute Gasteiger partial charge is 0.445 e. The number of Topliss-reactive ketones (excluding diaryl/α,β-unsaturated/α-hetero) is 2. The molecule has 1 rings (SSSR count). The smallest absolute Gasteiger partial charge is 0.409 e. The van der Waals surface area contributed by atoms with Crippen LogP contribution in [-0.4, -0.2) is 66.4 Å². The Morgan fingerprint density at radius 1 is 1.13 bits per heavy atom. The summed E-state index contributed by atoms with van der Waals surface area (Å²) >= 11 is 0. The molecule has 0 saturated carbocycles. The van der Waals surface area contributed by atoms with Gasteiger partial charge in [-0.05, 0) is 53.4 Å². The van der Waals surface area contributed by atoms with Crippen LogP contribution in [0.5, 0.6) is 0 Å². The van der Waals surface area contributed by atoms with E-state index in [1.54, 1.807) is 7.05 Å². The van der Waals surface area contributed by atoms with Crippen LogP contribution < -0.4 is 10.6 Å². The molecule has 178 valence electrons. The molecule has 1 aliphatic heterocycles. The maximum atomic E-state index is 13.3. The van der Waals surface area contributed by atoms with E-state index in [1.165, 1.54) is 4.90 Å². The molecule has 0 aromatic heterocycles. The molecule has 7 nitrogen and oxygen atoms in total. The summed E-state index contributed by atoms with van der Waals surface area (Å²) in [5.74, 6) is -0.109. The van der Waals surface area contributed by atoms with Crippen LogP contribution in [-0.2, 0) is 14.3 Å². The highest BCUT2D eigenvalue weighted by molar-refractivity contribution is 5.93. The molecule has 0 fully saturated rings. The van der Waals surface area contributed by atoms with Crippen LogP contribution in [0.25, 0.3) is 0 Å². The number of rotatable bonds is 4. The van der Waals surface area contributed by atoms with E-state index >= 15 is 0 Å². The zero-order valence-corrected chi connectivity index (χ0v) is 20.5. The summed E-state index contributed by atoms with van der Waals surface area (Å²) in [6, 6.07) is 0.170. The summed E-state index contributed by atoms with van der Waals surface area (Å²) in [6.45, 7) is 12.2. The van der Waals surface area contributed by atoms with Crippen molar-refractivity contribution in [1.82, 2.24) is 15.5 Å². The van der Waals surface area contributed by atoms with Crippen LogP contribution in [0.15, 0.2) is 12.2 Å². The van der Waals surface area contributed by atoms with Crippen LogP contribution in [0.3, 0.4) is 0 Å². The van der Waals surface area contributed by atoms with Crippen LogP contribution in [0.2, 0.25) is 0 Å². The highest BCUT2D eigenvalue weighted by Gasteiger charge is 2.38. The number of allylic oxidation sites excluding steroid dienone is 1. The maximum Gasteiger partial charge on any atom is 0.409 e. The van der Waals surface area contributed by atoms with E-state index in [-0.39, 0.29) is 36.7 Å². The highest BCUT2D eigenvalue weighted by atomic mass is 16.6. The van der Waals surface area contributed by atoms with Gasteiger partial charge < -0.3 is 15.0 Å². The highest BCUT2D eigenvalue weighted by Crippen LogP contribution is 2.21. The Morgan fingerprint density at radius 3 is 2.42 bits per heavy atom. The fourth-order valence-electron chi connectivity index (χ4n) is 3.97. The van der Waals surface area contributed by atoms with E-state index in [0.29, 0.717) is 13.0 Å². The maximum absolute atomic E-state index is 13.3. The monoisotopic (exact) mass is 437 g/mol. The van der Waals surface area contributed by atoms with Gasteiger partial charge in [-0.3, -0.25) is 14.9 Å². The van der Waals surface area contributed by atoms with Gasteiger partial charge in [-0.2, -0.15) is 0 Å². The van der Waals surface area contributed by atoms with Gasteiger partial charge in [0.25, 0.3) is 0 Å². The number of ketones is 2. The summed E-state index contributed by atoms with van der Waals surface area (Å²) in [7, 11) is 1.66. The summed E-state index contributed by atoms with van der Waals surface area (Å²) in [5, 5.41) is 6.70. The Balaban J connectivity index is 3.11. The van der Waals surface area contributed by atoms with E-state index in [9.17, 15) is 14.4 Å². The van der Waals surface area contributed by atoms with Gasteiger partial charge in [0, 0.05) is 25.6 Å². The van der Waals surface area contributed by atoms with E-state index in [0.717, 1.165) is 25.7 Å². The molecule has 2 N–H and O–H groups in total. The minimum absolute atomic E-state index is 0.0291. The Bertz CT molecular complexity index is 647. The number of nitrogens with one attached hydrogen (secondary N) is 2. The van der Waals surface area contributed by atoms with Gasteiger partial charge in [-0.1, -0.05) is 32.4 Å². The van der Waals surface area contributed by atoms with Gasteiger partial charge in [0.1, 0.15) is 6.61 Å². The van der Waals surface area contributed by atoms with Crippen molar-refractivity contribution < 1.29 is 19.1 Å². The van der Waals surface area contributed by atoms with Gasteiger partial charge in [-0.15, -0.1) is 0 Å². The van der Waals surface area contributed by atoms with E-state index in [4.69, 9.17) is 4.74 Å². The molecule has 31 heavy (non-hydrogen) atoms. The lowest BCUT2D eigenvalue weighted by atomic mass is 9.84. The molecule has 0 aromatic carbocycles. The van der Waals surface area contributed by atoms with Crippen molar-refractivity contribution in [1.29, 1.82) is 0 Å². The molecule has 0 aromatic rings. The van der Waals surface area contributed by atoms with Crippen molar-refractivity contribution in [3.8, 4) is 0 Å². The predicted octanol–water partition coefficient (Wildman–Crippen LogP) is 3.47. The summed E-state index contributed by atoms with van der Waals surface area (Å²) in [6.07, 6.45) is 7.30. The zero-order valence-electron chi connectivity index (χ0n) is 20.5. The molecule has 0 radical (unpaired) electrons. The fourth-order valence-corrected chi connectivity index (χ4v) is 3.97. The van der Waals surface area contributed by atoms with Crippen LogP contribution >= 0.6 is 0 Å². The van der Waals surface area contributed by atoms with Crippen LogP contribution in [0, 0.1) is 5.92 Å². The molecular weight excluding hydrogens is 394 g/mol. The Hall–Kier alpha value is -1.73. The number of carbonyl (C=O) groups excluding carboxylic acids is 3. The Labute approximate surface area is 188 Å². The summed E-state index contributed by atoms with van der Waals surface area (Å²) < 4.78 is 5.28. The molecule has 0 saturated heterocycles. The third-order valence-corrected chi connectivity index (χ3v) is 5.96. The molecule has 7 heteroatoms. The van der Waals surface area contributed by atoms with Crippen LogP contribution in [0.4, 0.5) is 4.79 Å². The van der Waals surface area contributed by atoms with E-state index in [2.05, 4.69) is 10.6 Å². The molecule has 1 heterocycles. The molecule has 0 unspecified atom stereocenters. The third-order valence-electron chi connectivity index (χ3n) is 5.96. The summed E-state index contributed by atoms with van der Waals surface area (Å²) in [4.78, 5) is 40.0. The molecule has 0 spiro atoms. The van der Waals surface area contributed by atoms with Crippen molar-refractivity contribution in [3.05, 3.63) is 12.2 Å². The van der Waals surface area contributed by atoms with Crippen molar-refractivity contribution in [3.63, 3.8) is 0 Å². The molecule has 0 bridgehead atoms. The molecule has 1 aliphatic rings. The first kappa shape index (κ1) is 27.3. The van der Waals surface area contributed by atoms with Crippen LogP contribution in [0.1, 0.15) is 73.6 Å². The number of amides is 1. The third kappa shape index (κ3) is 8.73. The Morgan fingerprint density at radius 2 is 1.81 bits per heavy atom. The number of nitrogens with zero attached hydrogens (tertiary/aromatic N) is 1. The molecular formula is C24H43N3O4. The van der Waals surface area contributed by atoms with Gasteiger partial charge in [0.2, 0.25) is 0 Å². The average molecular weight is 438 g/mol. The van der Waals surface area contributed by atoms with Crippen molar-refractivity contribution in [2.45, 2.75) is 90.8 Å². The second kappa shape index (κ2) is 12.3. The van der Waals surface area contributed by atoms with Crippen molar-refractivity contribution in [2.24, 2.45) is 5.92 Å². The normalized spacial score (nSPS) is 29.0. The van der Waals surface area contributed by atoms with E-state index < -0.39 is 17.2 Å². The van der Waals surface area contributed by atoms with Gasteiger partial charge in [0.15, 0.2) is 11.6 Å². The first-order chi connectivity index (χ1) is 14.4.